The number of methoxy groups -OCH3 is 1. The van der Waals surface area contributed by atoms with Crippen LogP contribution in [0.5, 0.6) is 0 Å². The summed E-state index contributed by atoms with van der Waals surface area (Å²) in [5.74, 6) is -0.434. The van der Waals surface area contributed by atoms with Gasteiger partial charge in [-0.05, 0) is 29.8 Å². The van der Waals surface area contributed by atoms with Gasteiger partial charge in [0.15, 0.2) is 5.69 Å². The number of ether oxygens (including phenoxy) is 1. The van der Waals surface area contributed by atoms with Crippen molar-refractivity contribution in [3.8, 4) is 0 Å². The fraction of sp³-hybridized carbons (Fsp3) is 0.222. The molecule has 0 bridgehead atoms. The third kappa shape index (κ3) is 3.71. The summed E-state index contributed by atoms with van der Waals surface area (Å²) < 4.78 is 6.79. The van der Waals surface area contributed by atoms with Gasteiger partial charge >= 0.3 is 5.97 Å². The van der Waals surface area contributed by atoms with Crippen molar-refractivity contribution in [2.45, 2.75) is 20.4 Å². The Hall–Kier alpha value is -2.33. The molecule has 0 aliphatic rings. The van der Waals surface area contributed by atoms with Gasteiger partial charge in [-0.3, -0.25) is 0 Å². The molecule has 3 aromatic rings. The largest absolute Gasteiger partial charge is 0.464 e. The second-order valence-electron chi connectivity index (χ2n) is 4.66. The zero-order valence-corrected chi connectivity index (χ0v) is 14.2. The van der Waals surface area contributed by atoms with Crippen LogP contribution >= 0.6 is 11.6 Å². The van der Waals surface area contributed by atoms with Crippen molar-refractivity contribution in [2.24, 2.45) is 0 Å². The lowest BCUT2D eigenvalue weighted by Crippen LogP contribution is -2.08. The number of fused-ring (bicyclic) bond motifs is 1. The number of carbonyl (C=O) groups excluding carboxylic acids is 1. The fourth-order valence-electron chi connectivity index (χ4n) is 2.31. The lowest BCUT2D eigenvalue weighted by Gasteiger charge is -2.08. The summed E-state index contributed by atoms with van der Waals surface area (Å²) in [6.45, 7) is 4.64. The van der Waals surface area contributed by atoms with E-state index in [0.29, 0.717) is 17.3 Å². The van der Waals surface area contributed by atoms with Crippen LogP contribution in [0.3, 0.4) is 0 Å². The van der Waals surface area contributed by atoms with Gasteiger partial charge in [-0.15, -0.1) is 0 Å². The van der Waals surface area contributed by atoms with E-state index >= 15 is 0 Å². The Morgan fingerprint density at radius 2 is 1.87 bits per heavy atom. The number of carbonyl (C=O) groups is 1. The highest BCUT2D eigenvalue weighted by atomic mass is 35.5. The summed E-state index contributed by atoms with van der Waals surface area (Å²) in [4.78, 5) is 16.0. The number of hydrogen-bond donors (Lipinski definition) is 0. The molecular weight excluding hydrogens is 312 g/mol. The van der Waals surface area contributed by atoms with Crippen molar-refractivity contribution in [2.75, 3.05) is 7.11 Å². The van der Waals surface area contributed by atoms with Crippen LogP contribution in [0.4, 0.5) is 0 Å². The van der Waals surface area contributed by atoms with Gasteiger partial charge in [0.25, 0.3) is 0 Å². The molecule has 0 amide bonds. The number of aromatic nitrogens is 2. The summed E-state index contributed by atoms with van der Waals surface area (Å²) in [5.41, 5.74) is 2.20. The second kappa shape index (κ2) is 7.79. The Bertz CT molecular complexity index is 794. The van der Waals surface area contributed by atoms with Gasteiger partial charge in [-0.1, -0.05) is 37.6 Å². The van der Waals surface area contributed by atoms with Crippen molar-refractivity contribution in [1.82, 2.24) is 9.55 Å². The average molecular weight is 331 g/mol. The van der Waals surface area contributed by atoms with Gasteiger partial charge < -0.3 is 9.30 Å². The van der Waals surface area contributed by atoms with Crippen molar-refractivity contribution in [3.63, 3.8) is 0 Å². The summed E-state index contributed by atoms with van der Waals surface area (Å²) in [6.07, 6.45) is 3.55. The molecule has 0 spiro atoms. The second-order valence-corrected chi connectivity index (χ2v) is 5.10. The predicted octanol–water partition coefficient (Wildman–Crippen LogP) is 4.55. The van der Waals surface area contributed by atoms with Crippen LogP contribution in [0.15, 0.2) is 48.8 Å². The molecule has 0 radical (unpaired) electrons. The molecule has 0 saturated carbocycles. The number of benzene rings is 1. The van der Waals surface area contributed by atoms with Crippen molar-refractivity contribution < 1.29 is 9.53 Å². The maximum absolute atomic E-state index is 11.9. The molecule has 2 aromatic heterocycles. The molecule has 0 aliphatic heterocycles. The number of hydrogen-bond acceptors (Lipinski definition) is 3. The van der Waals surface area contributed by atoms with Crippen LogP contribution in [-0.4, -0.2) is 22.6 Å². The average Bonchev–Trinajstić information content (AvgIpc) is 3.01. The maximum Gasteiger partial charge on any atom is 0.358 e. The smallest absolute Gasteiger partial charge is 0.358 e. The normalized spacial score (nSPS) is 10.1. The highest BCUT2D eigenvalue weighted by Gasteiger charge is 2.15. The maximum atomic E-state index is 11.9. The molecule has 23 heavy (non-hydrogen) atoms. The number of esters is 1. The van der Waals surface area contributed by atoms with E-state index in [-0.39, 0.29) is 0 Å². The first-order valence-electron chi connectivity index (χ1n) is 7.45. The van der Waals surface area contributed by atoms with E-state index in [9.17, 15) is 4.79 Å². The highest BCUT2D eigenvalue weighted by Crippen LogP contribution is 2.21. The minimum atomic E-state index is -0.434. The van der Waals surface area contributed by atoms with Gasteiger partial charge in [0.1, 0.15) is 0 Å². The molecule has 3 rings (SSSR count). The van der Waals surface area contributed by atoms with Crippen LogP contribution in [0, 0.1) is 0 Å². The Kier molecular flexibility index (Phi) is 5.77. The van der Waals surface area contributed by atoms with Crippen LogP contribution in [0.2, 0.25) is 5.02 Å². The van der Waals surface area contributed by atoms with E-state index in [1.807, 2.05) is 61.0 Å². The van der Waals surface area contributed by atoms with Crippen LogP contribution < -0.4 is 0 Å². The van der Waals surface area contributed by atoms with E-state index in [1.54, 1.807) is 6.20 Å². The summed E-state index contributed by atoms with van der Waals surface area (Å²) >= 11 is 5.90. The monoisotopic (exact) mass is 330 g/mol. The number of pyridine rings is 1. The van der Waals surface area contributed by atoms with Crippen molar-refractivity contribution >= 4 is 28.5 Å². The number of rotatable bonds is 3. The van der Waals surface area contributed by atoms with E-state index in [0.717, 1.165) is 16.5 Å². The van der Waals surface area contributed by atoms with Crippen molar-refractivity contribution in [3.05, 3.63) is 65.1 Å². The lowest BCUT2D eigenvalue weighted by molar-refractivity contribution is 0.0596. The lowest BCUT2D eigenvalue weighted by atomic mass is 10.2. The minimum absolute atomic E-state index is 0.328. The molecule has 120 valence electrons. The van der Waals surface area contributed by atoms with Gasteiger partial charge in [-0.25, -0.2) is 9.78 Å². The zero-order valence-electron chi connectivity index (χ0n) is 13.4. The van der Waals surface area contributed by atoms with Gasteiger partial charge in [0.05, 0.1) is 12.6 Å². The highest BCUT2D eigenvalue weighted by molar-refractivity contribution is 6.30. The SMILES string of the molecule is CC.COC(=O)c1nccc2ccn(Cc3ccc(Cl)cc3)c12. The van der Waals surface area contributed by atoms with Gasteiger partial charge in [-0.2, -0.15) is 0 Å². The van der Waals surface area contributed by atoms with E-state index in [4.69, 9.17) is 16.3 Å². The van der Waals surface area contributed by atoms with Crippen LogP contribution in [0.25, 0.3) is 10.9 Å². The van der Waals surface area contributed by atoms with Crippen LogP contribution in [-0.2, 0) is 11.3 Å². The van der Waals surface area contributed by atoms with Gasteiger partial charge in [0, 0.05) is 29.3 Å². The summed E-state index contributed by atoms with van der Waals surface area (Å²) in [6, 6.07) is 11.5. The molecule has 0 saturated heterocycles. The summed E-state index contributed by atoms with van der Waals surface area (Å²) in [5, 5.41) is 1.66. The molecule has 1 aromatic carbocycles. The molecule has 2 heterocycles. The van der Waals surface area contributed by atoms with E-state index < -0.39 is 5.97 Å². The quantitative estimate of drug-likeness (QED) is 0.662. The van der Waals surface area contributed by atoms with Crippen LogP contribution in [0.1, 0.15) is 29.9 Å². The topological polar surface area (TPSA) is 44.1 Å². The first-order chi connectivity index (χ1) is 11.2. The molecular formula is C18H19ClN2O2. The molecule has 0 fully saturated rings. The first-order valence-corrected chi connectivity index (χ1v) is 7.83. The standard InChI is InChI=1S/C16H13ClN2O2.C2H6/c1-21-16(20)14-15-12(6-8-18-14)7-9-19(15)10-11-2-4-13(17)5-3-11;1-2/h2-9H,10H2,1H3;1-2H3. The molecule has 0 N–H and O–H groups in total. The first kappa shape index (κ1) is 17.0. The summed E-state index contributed by atoms with van der Waals surface area (Å²) in [7, 11) is 1.36. The Labute approximate surface area is 140 Å². The van der Waals surface area contributed by atoms with E-state index in [1.165, 1.54) is 7.11 Å². The molecule has 0 atom stereocenters. The fourth-order valence-corrected chi connectivity index (χ4v) is 2.44. The Morgan fingerprint density at radius 3 is 2.52 bits per heavy atom. The predicted molar refractivity (Wildman–Crippen MR) is 93.0 cm³/mol. The molecule has 5 heteroatoms. The minimum Gasteiger partial charge on any atom is -0.464 e. The molecule has 4 nitrogen and oxygen atoms in total. The third-order valence-electron chi connectivity index (χ3n) is 3.32. The van der Waals surface area contributed by atoms with Gasteiger partial charge in [0.2, 0.25) is 0 Å². The Balaban J connectivity index is 0.000000924. The Morgan fingerprint density at radius 1 is 1.17 bits per heavy atom. The molecule has 0 aliphatic carbocycles. The number of nitrogens with zero attached hydrogens (tertiary/aromatic N) is 2. The third-order valence-corrected chi connectivity index (χ3v) is 3.57. The number of halogens is 1. The zero-order chi connectivity index (χ0) is 16.8. The molecule has 0 unspecified atom stereocenters. The van der Waals surface area contributed by atoms with E-state index in [2.05, 4.69) is 4.98 Å². The van der Waals surface area contributed by atoms with Crippen molar-refractivity contribution in [1.29, 1.82) is 0 Å².